The van der Waals surface area contributed by atoms with Crippen molar-refractivity contribution in [2.24, 2.45) is 5.92 Å². The molecule has 3 nitrogen and oxygen atoms in total. The van der Waals surface area contributed by atoms with Gasteiger partial charge in [-0.2, -0.15) is 0 Å². The van der Waals surface area contributed by atoms with Gasteiger partial charge in [-0.15, -0.1) is 11.8 Å². The number of carboxylic acid groups (broad SMARTS) is 1. The van der Waals surface area contributed by atoms with Crippen molar-refractivity contribution in [1.29, 1.82) is 0 Å². The summed E-state index contributed by atoms with van der Waals surface area (Å²) in [5.41, 5.74) is 1.46. The van der Waals surface area contributed by atoms with E-state index in [0.29, 0.717) is 18.4 Å². The van der Waals surface area contributed by atoms with Gasteiger partial charge in [-0.3, -0.25) is 9.59 Å². The van der Waals surface area contributed by atoms with Gasteiger partial charge < -0.3 is 5.11 Å². The third-order valence-corrected chi connectivity index (χ3v) is 3.84. The molecular formula is C14H14O3S. The maximum atomic E-state index is 11.5. The highest BCUT2D eigenvalue weighted by Crippen LogP contribution is 2.32. The van der Waals surface area contributed by atoms with Gasteiger partial charge in [-0.1, -0.05) is 12.1 Å². The molecule has 0 radical (unpaired) electrons. The number of ketones is 1. The first-order valence-electron chi connectivity index (χ1n) is 5.73. The zero-order chi connectivity index (χ0) is 13.1. The van der Waals surface area contributed by atoms with Gasteiger partial charge in [0.15, 0.2) is 5.78 Å². The summed E-state index contributed by atoms with van der Waals surface area (Å²) in [5, 5.41) is 9.20. The predicted molar refractivity (Wildman–Crippen MR) is 71.6 cm³/mol. The lowest BCUT2D eigenvalue weighted by molar-refractivity contribution is -0.140. The van der Waals surface area contributed by atoms with Crippen LogP contribution >= 0.6 is 11.8 Å². The summed E-state index contributed by atoms with van der Waals surface area (Å²) in [6.07, 6.45) is 4.18. The maximum Gasteiger partial charge on any atom is 0.311 e. The Hall–Kier alpha value is -1.55. The molecule has 0 bridgehead atoms. The second-order valence-electron chi connectivity index (χ2n) is 4.22. The Morgan fingerprint density at radius 2 is 2.00 bits per heavy atom. The Balaban J connectivity index is 2.37. The number of hydrogen-bond donors (Lipinski definition) is 1. The Labute approximate surface area is 110 Å². The minimum atomic E-state index is -0.859. The minimum Gasteiger partial charge on any atom is -0.481 e. The topological polar surface area (TPSA) is 54.4 Å². The number of aliphatic carboxylic acids is 1. The van der Waals surface area contributed by atoms with E-state index in [1.54, 1.807) is 11.8 Å². The summed E-state index contributed by atoms with van der Waals surface area (Å²) in [4.78, 5) is 23.8. The third kappa shape index (κ3) is 2.64. The molecule has 0 heterocycles. The summed E-state index contributed by atoms with van der Waals surface area (Å²) in [6, 6.07) is 7.65. The maximum absolute atomic E-state index is 11.5. The highest BCUT2D eigenvalue weighted by molar-refractivity contribution is 7.98. The lowest BCUT2D eigenvalue weighted by Gasteiger charge is -2.20. The molecule has 1 unspecified atom stereocenters. The highest BCUT2D eigenvalue weighted by Gasteiger charge is 2.28. The molecule has 18 heavy (non-hydrogen) atoms. The monoisotopic (exact) mass is 262 g/mol. The number of carbonyl (C=O) groups is 2. The number of carboxylic acids is 1. The quantitative estimate of drug-likeness (QED) is 0.851. The number of carbonyl (C=O) groups excluding carboxylic acids is 1. The molecular weight excluding hydrogens is 248 g/mol. The van der Waals surface area contributed by atoms with Gasteiger partial charge in [0.05, 0.1) is 5.92 Å². The Bertz CT molecular complexity index is 502. The lowest BCUT2D eigenvalue weighted by Crippen LogP contribution is -2.21. The van der Waals surface area contributed by atoms with Crippen LogP contribution in [-0.2, 0) is 9.59 Å². The molecule has 0 spiro atoms. The van der Waals surface area contributed by atoms with Crippen LogP contribution in [0.25, 0.3) is 5.57 Å². The third-order valence-electron chi connectivity index (χ3n) is 3.09. The second-order valence-corrected chi connectivity index (χ2v) is 5.10. The Kier molecular flexibility index (Phi) is 3.87. The van der Waals surface area contributed by atoms with Crippen LogP contribution in [0.4, 0.5) is 0 Å². The molecule has 94 valence electrons. The fraction of sp³-hybridized carbons (Fsp3) is 0.286. The van der Waals surface area contributed by atoms with Gasteiger partial charge in [0.2, 0.25) is 0 Å². The van der Waals surface area contributed by atoms with Gasteiger partial charge in [0.25, 0.3) is 0 Å². The summed E-state index contributed by atoms with van der Waals surface area (Å²) in [6.45, 7) is 0. The van der Waals surface area contributed by atoms with E-state index in [9.17, 15) is 14.7 Å². The van der Waals surface area contributed by atoms with Gasteiger partial charge in [-0.25, -0.2) is 0 Å². The molecule has 4 heteroatoms. The summed E-state index contributed by atoms with van der Waals surface area (Å²) in [5.74, 6) is -1.41. The molecule has 1 aliphatic carbocycles. The van der Waals surface area contributed by atoms with Gasteiger partial charge in [0.1, 0.15) is 0 Å². The normalized spacial score (nSPS) is 19.5. The Morgan fingerprint density at radius 3 is 2.56 bits per heavy atom. The summed E-state index contributed by atoms with van der Waals surface area (Å²) >= 11 is 1.63. The Morgan fingerprint density at radius 1 is 1.33 bits per heavy atom. The summed E-state index contributed by atoms with van der Waals surface area (Å²) < 4.78 is 0. The van der Waals surface area contributed by atoms with E-state index in [4.69, 9.17) is 0 Å². The van der Waals surface area contributed by atoms with Crippen molar-refractivity contribution >= 4 is 29.1 Å². The van der Waals surface area contributed by atoms with Crippen molar-refractivity contribution in [2.75, 3.05) is 6.26 Å². The van der Waals surface area contributed by atoms with E-state index >= 15 is 0 Å². The van der Waals surface area contributed by atoms with Crippen molar-refractivity contribution in [3.8, 4) is 0 Å². The smallest absolute Gasteiger partial charge is 0.311 e. The van der Waals surface area contributed by atoms with Crippen molar-refractivity contribution < 1.29 is 14.7 Å². The van der Waals surface area contributed by atoms with Gasteiger partial charge in [0, 0.05) is 11.3 Å². The first kappa shape index (κ1) is 12.9. The first-order chi connectivity index (χ1) is 8.61. The molecule has 2 rings (SSSR count). The molecule has 1 N–H and O–H groups in total. The van der Waals surface area contributed by atoms with Crippen molar-refractivity contribution in [1.82, 2.24) is 0 Å². The van der Waals surface area contributed by atoms with E-state index in [1.807, 2.05) is 30.5 Å². The molecule has 0 saturated carbocycles. The number of rotatable bonds is 3. The van der Waals surface area contributed by atoms with Crippen LogP contribution in [-0.4, -0.2) is 23.1 Å². The largest absolute Gasteiger partial charge is 0.481 e. The molecule has 0 fully saturated rings. The molecule has 1 atom stereocenters. The van der Waals surface area contributed by atoms with Crippen molar-refractivity contribution in [3.63, 3.8) is 0 Å². The molecule has 0 aliphatic heterocycles. The average molecular weight is 262 g/mol. The van der Waals surface area contributed by atoms with Crippen molar-refractivity contribution in [2.45, 2.75) is 17.7 Å². The van der Waals surface area contributed by atoms with Crippen LogP contribution in [0.5, 0.6) is 0 Å². The predicted octanol–water partition coefficient (Wildman–Crippen LogP) is 2.86. The van der Waals surface area contributed by atoms with Crippen LogP contribution in [0.1, 0.15) is 18.4 Å². The summed E-state index contributed by atoms with van der Waals surface area (Å²) in [7, 11) is 0. The van der Waals surface area contributed by atoms with E-state index in [-0.39, 0.29) is 5.78 Å². The van der Waals surface area contributed by atoms with Crippen LogP contribution in [0.15, 0.2) is 35.2 Å². The van der Waals surface area contributed by atoms with Crippen molar-refractivity contribution in [3.05, 3.63) is 35.9 Å². The number of thioether (sulfide) groups is 1. The van der Waals surface area contributed by atoms with Crippen LogP contribution in [0.2, 0.25) is 0 Å². The molecule has 1 aromatic carbocycles. The standard InChI is InChI=1S/C14H14O3S/c1-18-11-5-2-9(3-6-11)13-8-10(15)4-7-12(13)14(16)17/h2-3,5-6,8,12H,4,7H2,1H3,(H,16,17). The molecule has 1 aliphatic rings. The van der Waals surface area contributed by atoms with Crippen LogP contribution in [0.3, 0.4) is 0 Å². The second kappa shape index (κ2) is 5.40. The van der Waals surface area contributed by atoms with E-state index < -0.39 is 11.9 Å². The van der Waals surface area contributed by atoms with Gasteiger partial charge in [-0.05, 0) is 42.0 Å². The zero-order valence-corrected chi connectivity index (χ0v) is 10.9. The first-order valence-corrected chi connectivity index (χ1v) is 6.96. The average Bonchev–Trinajstić information content (AvgIpc) is 2.38. The van der Waals surface area contributed by atoms with E-state index in [2.05, 4.69) is 0 Å². The molecule has 0 saturated heterocycles. The number of allylic oxidation sites excluding steroid dienone is 1. The fourth-order valence-corrected chi connectivity index (χ4v) is 2.52. The molecule has 1 aromatic rings. The SMILES string of the molecule is CSc1ccc(C2=CC(=O)CCC2C(=O)O)cc1. The lowest BCUT2D eigenvalue weighted by atomic mass is 9.83. The zero-order valence-electron chi connectivity index (χ0n) is 10.1. The van der Waals surface area contributed by atoms with Crippen LogP contribution < -0.4 is 0 Å². The van der Waals surface area contributed by atoms with Crippen LogP contribution in [0, 0.1) is 5.92 Å². The highest BCUT2D eigenvalue weighted by atomic mass is 32.2. The number of benzene rings is 1. The number of hydrogen-bond acceptors (Lipinski definition) is 3. The fourth-order valence-electron chi connectivity index (χ4n) is 2.11. The van der Waals surface area contributed by atoms with E-state index in [1.165, 1.54) is 6.08 Å². The minimum absolute atomic E-state index is 0.0106. The van der Waals surface area contributed by atoms with Gasteiger partial charge >= 0.3 is 5.97 Å². The van der Waals surface area contributed by atoms with E-state index in [0.717, 1.165) is 10.5 Å². The molecule has 0 amide bonds. The molecule has 0 aromatic heterocycles.